The van der Waals surface area contributed by atoms with Crippen molar-refractivity contribution in [3.63, 3.8) is 0 Å². The average molecular weight is 464 g/mol. The number of ether oxygens (including phenoxy) is 2. The summed E-state index contributed by atoms with van der Waals surface area (Å²) in [6.45, 7) is 2.32. The van der Waals surface area contributed by atoms with E-state index in [-0.39, 0.29) is 30.6 Å². The van der Waals surface area contributed by atoms with Crippen LogP contribution in [-0.4, -0.2) is 50.8 Å². The number of carbonyl (C=O) groups is 1. The Balaban J connectivity index is 1.63. The molecule has 0 spiro atoms. The molecule has 0 fully saturated rings. The first-order chi connectivity index (χ1) is 14.8. The molecule has 166 valence electrons. The molecule has 0 atom stereocenters. The molecular weight excluding hydrogens is 438 g/mol. The van der Waals surface area contributed by atoms with Gasteiger partial charge in [-0.3, -0.25) is 4.79 Å². The molecule has 0 saturated carbocycles. The fourth-order valence-corrected chi connectivity index (χ4v) is 5.71. The van der Waals surface area contributed by atoms with Gasteiger partial charge in [-0.2, -0.15) is 4.98 Å². The third kappa shape index (κ3) is 5.78. The van der Waals surface area contributed by atoms with Crippen LogP contribution in [0.3, 0.4) is 0 Å². The lowest BCUT2D eigenvalue weighted by Crippen LogP contribution is -2.26. The summed E-state index contributed by atoms with van der Waals surface area (Å²) in [5.74, 6) is 0.615. The zero-order valence-electron chi connectivity index (χ0n) is 17.7. The number of benzene rings is 1. The maximum atomic E-state index is 12.7. The van der Waals surface area contributed by atoms with Gasteiger partial charge in [0.25, 0.3) is 5.91 Å². The minimum Gasteiger partial charge on any atom is -0.480 e. The standard InChI is InChI=1S/C21H25N3O5S2/c1-14-17-20(29-3)23-16(12-28-2)24-21(17)30-18(14)19(25)22-10-7-11-31(26,27)13-15-8-5-4-6-9-15/h4-6,8-9H,7,10-13H2,1-3H3,(H,22,25). The molecule has 0 aliphatic rings. The maximum absolute atomic E-state index is 12.7. The molecule has 0 unspecified atom stereocenters. The van der Waals surface area contributed by atoms with E-state index in [1.54, 1.807) is 19.2 Å². The van der Waals surface area contributed by atoms with E-state index in [0.29, 0.717) is 33.2 Å². The van der Waals surface area contributed by atoms with E-state index in [2.05, 4.69) is 15.3 Å². The Hall–Kier alpha value is -2.56. The van der Waals surface area contributed by atoms with Crippen LogP contribution < -0.4 is 10.1 Å². The second-order valence-corrected chi connectivity index (χ2v) is 10.2. The van der Waals surface area contributed by atoms with Gasteiger partial charge in [0.2, 0.25) is 5.88 Å². The van der Waals surface area contributed by atoms with Gasteiger partial charge in [-0.25, -0.2) is 13.4 Å². The van der Waals surface area contributed by atoms with E-state index >= 15 is 0 Å². The molecule has 2 heterocycles. The number of nitrogens with zero attached hydrogens (tertiary/aromatic N) is 2. The van der Waals surface area contributed by atoms with Crippen molar-refractivity contribution in [2.75, 3.05) is 26.5 Å². The Morgan fingerprint density at radius 2 is 1.90 bits per heavy atom. The molecule has 3 rings (SSSR count). The summed E-state index contributed by atoms with van der Waals surface area (Å²) in [5, 5.41) is 3.50. The molecule has 0 aliphatic carbocycles. The molecular formula is C21H25N3O5S2. The zero-order valence-corrected chi connectivity index (χ0v) is 19.3. The lowest BCUT2D eigenvalue weighted by molar-refractivity contribution is 0.0957. The summed E-state index contributed by atoms with van der Waals surface area (Å²) >= 11 is 1.25. The summed E-state index contributed by atoms with van der Waals surface area (Å²) in [7, 11) is -0.167. The predicted octanol–water partition coefficient (Wildman–Crippen LogP) is 2.89. The Labute approximate surface area is 185 Å². The van der Waals surface area contributed by atoms with Crippen LogP contribution in [0.4, 0.5) is 0 Å². The molecule has 0 saturated heterocycles. The number of nitrogens with one attached hydrogen (secondary N) is 1. The summed E-state index contributed by atoms with van der Waals surface area (Å²) < 4.78 is 35.0. The average Bonchev–Trinajstić information content (AvgIpc) is 3.08. The van der Waals surface area contributed by atoms with E-state index in [9.17, 15) is 13.2 Å². The first-order valence-electron chi connectivity index (χ1n) is 9.70. The summed E-state index contributed by atoms with van der Waals surface area (Å²) in [4.78, 5) is 22.6. The Morgan fingerprint density at radius 1 is 1.16 bits per heavy atom. The third-order valence-electron chi connectivity index (χ3n) is 4.62. The van der Waals surface area contributed by atoms with Gasteiger partial charge in [0.15, 0.2) is 15.7 Å². The second-order valence-electron chi connectivity index (χ2n) is 7.01. The highest BCUT2D eigenvalue weighted by Crippen LogP contribution is 2.35. The van der Waals surface area contributed by atoms with Gasteiger partial charge in [-0.15, -0.1) is 11.3 Å². The van der Waals surface area contributed by atoms with Crippen LogP contribution in [0.1, 0.15) is 33.0 Å². The number of hydrogen-bond donors (Lipinski definition) is 1. The minimum absolute atomic E-state index is 0.000516. The van der Waals surface area contributed by atoms with Crippen LogP contribution in [0, 0.1) is 6.92 Å². The first-order valence-corrected chi connectivity index (χ1v) is 12.3. The van der Waals surface area contributed by atoms with Crippen molar-refractivity contribution in [3.05, 3.63) is 52.2 Å². The number of hydrogen-bond acceptors (Lipinski definition) is 8. The number of sulfone groups is 1. The molecule has 1 amide bonds. The number of aromatic nitrogens is 2. The van der Waals surface area contributed by atoms with E-state index < -0.39 is 9.84 Å². The molecule has 0 aliphatic heterocycles. The largest absolute Gasteiger partial charge is 0.480 e. The van der Waals surface area contributed by atoms with Crippen molar-refractivity contribution in [3.8, 4) is 5.88 Å². The molecule has 0 radical (unpaired) electrons. The predicted molar refractivity (Wildman–Crippen MR) is 120 cm³/mol. The molecule has 8 nitrogen and oxygen atoms in total. The number of carbonyl (C=O) groups excluding carboxylic acids is 1. The lowest BCUT2D eigenvalue weighted by Gasteiger charge is -2.07. The number of methoxy groups -OCH3 is 2. The first kappa shape index (κ1) is 23.1. The van der Waals surface area contributed by atoms with Crippen LogP contribution in [0.15, 0.2) is 30.3 Å². The number of amides is 1. The van der Waals surface area contributed by atoms with Crippen LogP contribution >= 0.6 is 11.3 Å². The van der Waals surface area contributed by atoms with Crippen LogP contribution in [0.2, 0.25) is 0 Å². The summed E-state index contributed by atoms with van der Waals surface area (Å²) in [5.41, 5.74) is 1.49. The van der Waals surface area contributed by atoms with Crippen molar-refractivity contribution < 1.29 is 22.7 Å². The van der Waals surface area contributed by atoms with Crippen molar-refractivity contribution in [2.24, 2.45) is 0 Å². The van der Waals surface area contributed by atoms with Gasteiger partial charge in [0.05, 0.1) is 28.9 Å². The quantitative estimate of drug-likeness (QED) is 0.461. The molecule has 2 aromatic heterocycles. The van der Waals surface area contributed by atoms with Gasteiger partial charge < -0.3 is 14.8 Å². The zero-order chi connectivity index (χ0) is 22.4. The van der Waals surface area contributed by atoms with E-state index in [1.165, 1.54) is 18.4 Å². The van der Waals surface area contributed by atoms with Crippen LogP contribution in [-0.2, 0) is 26.9 Å². The maximum Gasteiger partial charge on any atom is 0.261 e. The van der Waals surface area contributed by atoms with Crippen molar-refractivity contribution in [2.45, 2.75) is 25.7 Å². The second kappa shape index (κ2) is 10.2. The lowest BCUT2D eigenvalue weighted by atomic mass is 10.2. The van der Waals surface area contributed by atoms with E-state index in [4.69, 9.17) is 9.47 Å². The van der Waals surface area contributed by atoms with Gasteiger partial charge in [-0.1, -0.05) is 30.3 Å². The fraction of sp³-hybridized carbons (Fsp3) is 0.381. The minimum atomic E-state index is -3.24. The smallest absolute Gasteiger partial charge is 0.261 e. The number of aryl methyl sites for hydroxylation is 1. The Kier molecular flexibility index (Phi) is 7.58. The van der Waals surface area contributed by atoms with Crippen molar-refractivity contribution in [1.29, 1.82) is 0 Å². The Morgan fingerprint density at radius 3 is 2.58 bits per heavy atom. The SMILES string of the molecule is COCc1nc(OC)c2c(C)c(C(=O)NCCCS(=O)(=O)Cc3ccccc3)sc2n1. The fourth-order valence-electron chi connectivity index (χ4n) is 3.18. The summed E-state index contributed by atoms with van der Waals surface area (Å²) in [6.07, 6.45) is 0.339. The van der Waals surface area contributed by atoms with Gasteiger partial charge in [-0.05, 0) is 24.5 Å². The van der Waals surface area contributed by atoms with Crippen molar-refractivity contribution in [1.82, 2.24) is 15.3 Å². The molecule has 1 N–H and O–H groups in total. The van der Waals surface area contributed by atoms with Gasteiger partial charge in [0, 0.05) is 13.7 Å². The van der Waals surface area contributed by atoms with E-state index in [0.717, 1.165) is 11.1 Å². The number of thiophene rings is 1. The number of fused-ring (bicyclic) bond motifs is 1. The van der Waals surface area contributed by atoms with Crippen molar-refractivity contribution >= 4 is 37.3 Å². The van der Waals surface area contributed by atoms with Gasteiger partial charge >= 0.3 is 0 Å². The van der Waals surface area contributed by atoms with Gasteiger partial charge in [0.1, 0.15) is 11.4 Å². The molecule has 0 bridgehead atoms. The molecule has 31 heavy (non-hydrogen) atoms. The monoisotopic (exact) mass is 463 g/mol. The highest BCUT2D eigenvalue weighted by molar-refractivity contribution is 7.90. The normalized spacial score (nSPS) is 11.6. The number of rotatable bonds is 10. The topological polar surface area (TPSA) is 107 Å². The van der Waals surface area contributed by atoms with Crippen LogP contribution in [0.5, 0.6) is 5.88 Å². The Bertz CT molecular complexity index is 1160. The van der Waals surface area contributed by atoms with Crippen LogP contribution in [0.25, 0.3) is 10.2 Å². The summed E-state index contributed by atoms with van der Waals surface area (Å²) in [6, 6.07) is 9.06. The molecule has 10 heteroatoms. The molecule has 3 aromatic rings. The molecule has 1 aromatic carbocycles. The highest BCUT2D eigenvalue weighted by Gasteiger charge is 2.21. The highest BCUT2D eigenvalue weighted by atomic mass is 32.2. The third-order valence-corrected chi connectivity index (χ3v) is 7.49. The van der Waals surface area contributed by atoms with E-state index in [1.807, 2.05) is 25.1 Å².